The van der Waals surface area contributed by atoms with Crippen molar-refractivity contribution in [2.45, 2.75) is 25.3 Å². The smallest absolute Gasteiger partial charge is 0.253 e. The van der Waals surface area contributed by atoms with Crippen molar-refractivity contribution in [3.63, 3.8) is 0 Å². The first-order chi connectivity index (χ1) is 15.1. The number of anilines is 1. The van der Waals surface area contributed by atoms with Gasteiger partial charge in [-0.15, -0.1) is 0 Å². The zero-order valence-corrected chi connectivity index (χ0v) is 17.3. The second-order valence-electron chi connectivity index (χ2n) is 7.84. The lowest BCUT2D eigenvalue weighted by molar-refractivity contribution is 0.0713. The predicted molar refractivity (Wildman–Crippen MR) is 121 cm³/mol. The van der Waals surface area contributed by atoms with Gasteiger partial charge in [-0.2, -0.15) is 5.26 Å². The number of nitrogen functional groups attached to an aromatic ring is 1. The third-order valence-electron chi connectivity index (χ3n) is 6.02. The van der Waals surface area contributed by atoms with E-state index in [9.17, 15) is 4.79 Å². The molecular formula is C25H25N5O. The lowest BCUT2D eigenvalue weighted by Crippen LogP contribution is -2.38. The second-order valence-corrected chi connectivity index (χ2v) is 7.84. The Labute approximate surface area is 182 Å². The minimum atomic E-state index is 0.0190. The first kappa shape index (κ1) is 20.6. The van der Waals surface area contributed by atoms with E-state index in [-0.39, 0.29) is 5.91 Å². The Morgan fingerprint density at radius 2 is 1.84 bits per heavy atom. The molecule has 0 unspecified atom stereocenters. The molecule has 1 aliphatic rings. The van der Waals surface area contributed by atoms with Crippen molar-refractivity contribution >= 4 is 11.6 Å². The quantitative estimate of drug-likeness (QED) is 0.681. The van der Waals surface area contributed by atoms with Gasteiger partial charge in [-0.05, 0) is 65.8 Å². The number of carbonyl (C=O) groups excluding carboxylic acids is 1. The number of hydrogen-bond acceptors (Lipinski definition) is 5. The predicted octanol–water partition coefficient (Wildman–Crippen LogP) is 3.68. The molecule has 6 heteroatoms. The largest absolute Gasteiger partial charge is 0.398 e. The molecule has 0 atom stereocenters. The SMILES string of the molecule is N#Cc1ccc(C2CCN(C(=O)c3ccc(CN)c(-c4cnccc4N)c3)CC2)cc1. The van der Waals surface area contributed by atoms with Crippen LogP contribution in [0.2, 0.25) is 0 Å². The number of benzene rings is 2. The number of rotatable bonds is 4. The Bertz CT molecular complexity index is 1130. The van der Waals surface area contributed by atoms with Gasteiger partial charge in [-0.1, -0.05) is 18.2 Å². The summed E-state index contributed by atoms with van der Waals surface area (Å²) in [6.07, 6.45) is 5.16. The first-order valence-corrected chi connectivity index (χ1v) is 10.4. The summed E-state index contributed by atoms with van der Waals surface area (Å²) in [7, 11) is 0. The zero-order chi connectivity index (χ0) is 21.8. The van der Waals surface area contributed by atoms with Crippen LogP contribution in [-0.4, -0.2) is 28.9 Å². The van der Waals surface area contributed by atoms with Crippen LogP contribution in [0.1, 0.15) is 45.8 Å². The number of carbonyl (C=O) groups is 1. The standard InChI is InChI=1S/C25H25N5O/c26-14-17-1-3-18(4-2-17)19-8-11-30(12-9-19)25(31)20-5-6-21(15-27)22(13-20)23-16-29-10-7-24(23)28/h1-7,10,13,16,19H,8-9,11-12,15,27H2,(H2,28,29). The van der Waals surface area contributed by atoms with Gasteiger partial charge in [-0.3, -0.25) is 9.78 Å². The van der Waals surface area contributed by atoms with Crippen molar-refractivity contribution in [2.75, 3.05) is 18.8 Å². The number of nitrogens with two attached hydrogens (primary N) is 2. The lowest BCUT2D eigenvalue weighted by Gasteiger charge is -2.32. The van der Waals surface area contributed by atoms with Gasteiger partial charge in [0.2, 0.25) is 0 Å². The van der Waals surface area contributed by atoms with Gasteiger partial charge < -0.3 is 16.4 Å². The molecular weight excluding hydrogens is 386 g/mol. The van der Waals surface area contributed by atoms with E-state index in [0.717, 1.165) is 29.5 Å². The highest BCUT2D eigenvalue weighted by molar-refractivity contribution is 5.96. The van der Waals surface area contributed by atoms with E-state index in [2.05, 4.69) is 11.1 Å². The Balaban J connectivity index is 1.51. The summed E-state index contributed by atoms with van der Waals surface area (Å²) in [5, 5.41) is 8.97. The molecule has 4 rings (SSSR count). The molecule has 0 spiro atoms. The van der Waals surface area contributed by atoms with E-state index < -0.39 is 0 Å². The van der Waals surface area contributed by atoms with Crippen LogP contribution in [0.3, 0.4) is 0 Å². The summed E-state index contributed by atoms with van der Waals surface area (Å²) < 4.78 is 0. The van der Waals surface area contributed by atoms with Gasteiger partial charge in [0.15, 0.2) is 0 Å². The van der Waals surface area contributed by atoms with Crippen molar-refractivity contribution < 1.29 is 4.79 Å². The van der Waals surface area contributed by atoms with Crippen molar-refractivity contribution in [3.8, 4) is 17.2 Å². The molecule has 0 aliphatic carbocycles. The maximum absolute atomic E-state index is 13.2. The third kappa shape index (κ3) is 4.27. The molecule has 1 aromatic heterocycles. The Morgan fingerprint density at radius 1 is 1.10 bits per heavy atom. The molecule has 2 heterocycles. The summed E-state index contributed by atoms with van der Waals surface area (Å²) >= 11 is 0. The minimum Gasteiger partial charge on any atom is -0.398 e. The maximum atomic E-state index is 13.2. The summed E-state index contributed by atoms with van der Waals surface area (Å²) in [6.45, 7) is 1.76. The molecule has 1 fully saturated rings. The van der Waals surface area contributed by atoms with E-state index >= 15 is 0 Å². The Kier molecular flexibility index (Phi) is 5.96. The van der Waals surface area contributed by atoms with Gasteiger partial charge in [0.1, 0.15) is 0 Å². The van der Waals surface area contributed by atoms with Gasteiger partial charge in [-0.25, -0.2) is 0 Å². The molecule has 1 aliphatic heterocycles. The molecule has 0 radical (unpaired) electrons. The maximum Gasteiger partial charge on any atom is 0.253 e. The average Bonchev–Trinajstić information content (AvgIpc) is 2.83. The number of hydrogen-bond donors (Lipinski definition) is 2. The monoisotopic (exact) mass is 411 g/mol. The Hall–Kier alpha value is -3.69. The van der Waals surface area contributed by atoms with Crippen LogP contribution >= 0.6 is 0 Å². The number of piperidine rings is 1. The highest BCUT2D eigenvalue weighted by atomic mass is 16.2. The number of aromatic nitrogens is 1. The highest BCUT2D eigenvalue weighted by Crippen LogP contribution is 2.31. The molecule has 6 nitrogen and oxygen atoms in total. The van der Waals surface area contributed by atoms with Crippen LogP contribution in [0.15, 0.2) is 60.9 Å². The summed E-state index contributed by atoms with van der Waals surface area (Å²) in [5.74, 6) is 0.424. The summed E-state index contributed by atoms with van der Waals surface area (Å²) in [5.41, 5.74) is 17.8. The average molecular weight is 412 g/mol. The van der Waals surface area contributed by atoms with Crippen LogP contribution < -0.4 is 11.5 Å². The highest BCUT2D eigenvalue weighted by Gasteiger charge is 2.25. The molecule has 0 bridgehead atoms. The summed E-state index contributed by atoms with van der Waals surface area (Å²) in [6, 6.07) is 17.3. The second kappa shape index (κ2) is 8.99. The lowest BCUT2D eigenvalue weighted by atomic mass is 9.88. The van der Waals surface area contributed by atoms with Crippen LogP contribution in [0.25, 0.3) is 11.1 Å². The summed E-state index contributed by atoms with van der Waals surface area (Å²) in [4.78, 5) is 19.3. The molecule has 1 saturated heterocycles. The van der Waals surface area contributed by atoms with Gasteiger partial charge >= 0.3 is 0 Å². The first-order valence-electron chi connectivity index (χ1n) is 10.4. The topological polar surface area (TPSA) is 109 Å². The zero-order valence-electron chi connectivity index (χ0n) is 17.3. The number of nitrogens with zero attached hydrogens (tertiary/aromatic N) is 3. The normalized spacial score (nSPS) is 14.3. The van der Waals surface area contributed by atoms with Crippen LogP contribution in [0.4, 0.5) is 5.69 Å². The number of likely N-dealkylation sites (tertiary alicyclic amines) is 1. The molecule has 31 heavy (non-hydrogen) atoms. The minimum absolute atomic E-state index is 0.0190. The van der Waals surface area contributed by atoms with Crippen LogP contribution in [-0.2, 0) is 6.54 Å². The fraction of sp³-hybridized carbons (Fsp3) is 0.240. The van der Waals surface area contributed by atoms with Gasteiger partial charge in [0.05, 0.1) is 11.6 Å². The van der Waals surface area contributed by atoms with Gasteiger partial charge in [0.25, 0.3) is 5.91 Å². The van der Waals surface area contributed by atoms with E-state index in [1.54, 1.807) is 18.5 Å². The van der Waals surface area contributed by atoms with E-state index in [0.29, 0.717) is 42.4 Å². The molecule has 2 aromatic carbocycles. The van der Waals surface area contributed by atoms with Crippen molar-refractivity contribution in [3.05, 3.63) is 83.2 Å². The van der Waals surface area contributed by atoms with Crippen molar-refractivity contribution in [2.24, 2.45) is 5.73 Å². The van der Waals surface area contributed by atoms with Gasteiger partial charge in [0, 0.05) is 48.8 Å². The van der Waals surface area contributed by atoms with Crippen LogP contribution in [0, 0.1) is 11.3 Å². The van der Waals surface area contributed by atoms with Crippen molar-refractivity contribution in [1.82, 2.24) is 9.88 Å². The number of pyridine rings is 1. The van der Waals surface area contributed by atoms with E-state index in [1.165, 1.54) is 5.56 Å². The third-order valence-corrected chi connectivity index (χ3v) is 6.02. The fourth-order valence-corrected chi connectivity index (χ4v) is 4.20. The van der Waals surface area contributed by atoms with Crippen LogP contribution in [0.5, 0.6) is 0 Å². The van der Waals surface area contributed by atoms with E-state index in [4.69, 9.17) is 16.7 Å². The number of amides is 1. The molecule has 0 saturated carbocycles. The molecule has 4 N–H and O–H groups in total. The fourth-order valence-electron chi connectivity index (χ4n) is 4.20. The molecule has 3 aromatic rings. The molecule has 156 valence electrons. The Morgan fingerprint density at radius 3 is 2.48 bits per heavy atom. The van der Waals surface area contributed by atoms with E-state index in [1.807, 2.05) is 47.4 Å². The number of nitriles is 1. The van der Waals surface area contributed by atoms with Crippen molar-refractivity contribution in [1.29, 1.82) is 5.26 Å². The molecule has 1 amide bonds.